The molecule has 1 heterocycles. The highest BCUT2D eigenvalue weighted by Gasteiger charge is 2.40. The van der Waals surface area contributed by atoms with Crippen LogP contribution in [0.2, 0.25) is 0 Å². The van der Waals surface area contributed by atoms with Crippen molar-refractivity contribution in [3.8, 4) is 5.75 Å². The number of nitrogens with one attached hydrogen (secondary N) is 1. The minimum absolute atomic E-state index is 0.252. The van der Waals surface area contributed by atoms with Gasteiger partial charge in [-0.05, 0) is 62.4 Å². The van der Waals surface area contributed by atoms with Gasteiger partial charge in [-0.2, -0.15) is 0 Å². The van der Waals surface area contributed by atoms with Crippen LogP contribution in [0.1, 0.15) is 69.2 Å². The summed E-state index contributed by atoms with van der Waals surface area (Å²) < 4.78 is 33.3. The molecule has 7 heteroatoms. The predicted molar refractivity (Wildman–Crippen MR) is 133 cm³/mol. The van der Waals surface area contributed by atoms with Crippen molar-refractivity contribution in [2.45, 2.75) is 78.0 Å². The number of hydrogen-bond donors (Lipinski definition) is 1. The Morgan fingerprint density at radius 2 is 1.79 bits per heavy atom. The van der Waals surface area contributed by atoms with Crippen molar-refractivity contribution in [3.63, 3.8) is 0 Å². The normalized spacial score (nSPS) is 18.1. The molecule has 0 bridgehead atoms. The Kier molecular flexibility index (Phi) is 7.42. The largest absolute Gasteiger partial charge is 0.487 e. The maximum Gasteiger partial charge on any atom is 0.244 e. The van der Waals surface area contributed by atoms with E-state index in [0.29, 0.717) is 18.5 Å². The van der Waals surface area contributed by atoms with Crippen LogP contribution in [-0.2, 0) is 14.8 Å². The fraction of sp³-hybridized carbons (Fsp3) is 0.500. The first-order valence-corrected chi connectivity index (χ1v) is 13.5. The van der Waals surface area contributed by atoms with E-state index in [1.165, 1.54) is 4.31 Å². The van der Waals surface area contributed by atoms with E-state index in [4.69, 9.17) is 4.74 Å². The number of aryl methyl sites for hydroxylation is 2. The molecular weight excluding hydrogens is 436 g/mol. The van der Waals surface area contributed by atoms with Crippen molar-refractivity contribution in [1.82, 2.24) is 5.32 Å². The van der Waals surface area contributed by atoms with Gasteiger partial charge in [0.1, 0.15) is 17.4 Å². The Bertz CT molecular complexity index is 1110. The lowest BCUT2D eigenvalue weighted by Crippen LogP contribution is -2.52. The molecule has 180 valence electrons. The monoisotopic (exact) mass is 472 g/mol. The smallest absolute Gasteiger partial charge is 0.244 e. The molecule has 1 aliphatic rings. The minimum atomic E-state index is -3.69. The minimum Gasteiger partial charge on any atom is -0.487 e. The van der Waals surface area contributed by atoms with Gasteiger partial charge < -0.3 is 10.1 Å². The van der Waals surface area contributed by atoms with Crippen LogP contribution in [0.3, 0.4) is 0 Å². The van der Waals surface area contributed by atoms with Crippen LogP contribution in [0.4, 0.5) is 5.69 Å². The molecule has 0 saturated carbocycles. The van der Waals surface area contributed by atoms with Gasteiger partial charge in [0.05, 0.1) is 18.0 Å². The van der Waals surface area contributed by atoms with E-state index in [-0.39, 0.29) is 17.6 Å². The molecule has 2 aromatic rings. The predicted octanol–water partition coefficient (Wildman–Crippen LogP) is 5.05. The molecule has 0 aromatic heterocycles. The molecule has 6 nitrogen and oxygen atoms in total. The van der Waals surface area contributed by atoms with Crippen LogP contribution in [0, 0.1) is 13.8 Å². The summed E-state index contributed by atoms with van der Waals surface area (Å²) >= 11 is 0. The molecule has 0 saturated heterocycles. The number of fused-ring (bicyclic) bond motifs is 1. The summed E-state index contributed by atoms with van der Waals surface area (Å²) in [7, 11) is -3.69. The summed E-state index contributed by atoms with van der Waals surface area (Å²) in [6.07, 6.45) is 3.78. The van der Waals surface area contributed by atoms with Gasteiger partial charge in [0.2, 0.25) is 15.9 Å². The topological polar surface area (TPSA) is 75.7 Å². The molecule has 0 aliphatic carbocycles. The molecule has 0 unspecified atom stereocenters. The van der Waals surface area contributed by atoms with Crippen LogP contribution < -0.4 is 14.4 Å². The molecule has 1 aliphatic heterocycles. The van der Waals surface area contributed by atoms with Crippen molar-refractivity contribution in [2.75, 3.05) is 10.6 Å². The lowest BCUT2D eigenvalue weighted by atomic mass is 9.83. The summed E-state index contributed by atoms with van der Waals surface area (Å²) in [4.78, 5) is 13.6. The highest BCUT2D eigenvalue weighted by atomic mass is 32.2. The van der Waals surface area contributed by atoms with E-state index < -0.39 is 16.1 Å². The zero-order valence-electron chi connectivity index (χ0n) is 20.5. The molecular formula is C26H36N2O4S. The molecule has 0 radical (unpaired) electrons. The van der Waals surface area contributed by atoms with Gasteiger partial charge in [0, 0.05) is 12.0 Å². The standard InChI is InChI=1S/C26H36N2O4S/c1-7-23(28(33(6,30)31)20-15-14-18(4)19(5)16-20)25(29)27-22-17-26(8-2,9-3)32-24-13-11-10-12-21(22)24/h10-16,22-23H,7-9,17H2,1-6H3,(H,27,29)/t22-,23+/m1/s1. The number of anilines is 1. The van der Waals surface area contributed by atoms with Crippen molar-refractivity contribution in [2.24, 2.45) is 0 Å². The summed E-state index contributed by atoms with van der Waals surface area (Å²) in [5, 5.41) is 3.17. The Morgan fingerprint density at radius 3 is 2.36 bits per heavy atom. The third-order valence-corrected chi connectivity index (χ3v) is 8.06. The van der Waals surface area contributed by atoms with Crippen LogP contribution in [0.15, 0.2) is 42.5 Å². The van der Waals surface area contributed by atoms with Crippen LogP contribution >= 0.6 is 0 Å². The molecule has 1 N–H and O–H groups in total. The third kappa shape index (κ3) is 5.18. The van der Waals surface area contributed by atoms with Gasteiger partial charge >= 0.3 is 0 Å². The molecule has 33 heavy (non-hydrogen) atoms. The van der Waals surface area contributed by atoms with Crippen molar-refractivity contribution in [3.05, 3.63) is 59.2 Å². The van der Waals surface area contributed by atoms with Gasteiger partial charge in [-0.3, -0.25) is 9.10 Å². The first kappa shape index (κ1) is 25.1. The number of amides is 1. The van der Waals surface area contributed by atoms with Gasteiger partial charge in [0.15, 0.2) is 0 Å². The maximum atomic E-state index is 13.6. The number of sulfonamides is 1. The van der Waals surface area contributed by atoms with Crippen LogP contribution in [0.5, 0.6) is 5.75 Å². The highest BCUT2D eigenvalue weighted by Crippen LogP contribution is 2.42. The zero-order chi connectivity index (χ0) is 24.4. The second kappa shape index (κ2) is 9.75. The first-order chi connectivity index (χ1) is 15.5. The fourth-order valence-electron chi connectivity index (χ4n) is 4.62. The zero-order valence-corrected chi connectivity index (χ0v) is 21.3. The quantitative estimate of drug-likeness (QED) is 0.584. The Hall–Kier alpha value is -2.54. The lowest BCUT2D eigenvalue weighted by molar-refractivity contribution is -0.123. The number of carbonyl (C=O) groups excluding carboxylic acids is 1. The molecule has 3 rings (SSSR count). The highest BCUT2D eigenvalue weighted by molar-refractivity contribution is 7.92. The second-order valence-electron chi connectivity index (χ2n) is 9.05. The van der Waals surface area contributed by atoms with Crippen molar-refractivity contribution < 1.29 is 17.9 Å². The number of carbonyl (C=O) groups is 1. The van der Waals surface area contributed by atoms with Gasteiger partial charge in [-0.1, -0.05) is 45.0 Å². The van der Waals surface area contributed by atoms with E-state index in [1.54, 1.807) is 6.07 Å². The van der Waals surface area contributed by atoms with Crippen LogP contribution in [0.25, 0.3) is 0 Å². The van der Waals surface area contributed by atoms with E-state index in [9.17, 15) is 13.2 Å². The van der Waals surface area contributed by atoms with E-state index in [2.05, 4.69) is 19.2 Å². The summed E-state index contributed by atoms with van der Waals surface area (Å²) in [6, 6.07) is 12.1. The molecule has 1 amide bonds. The first-order valence-electron chi connectivity index (χ1n) is 11.7. The Labute approximate surface area is 198 Å². The second-order valence-corrected chi connectivity index (χ2v) is 10.9. The Balaban J connectivity index is 1.97. The molecule has 0 fully saturated rings. The SMILES string of the molecule is CC[C@@H](C(=O)N[C@@H]1CC(CC)(CC)Oc2ccccc21)N(c1ccc(C)c(C)c1)S(C)(=O)=O. The van der Waals surface area contributed by atoms with Gasteiger partial charge in [0.25, 0.3) is 0 Å². The van der Waals surface area contributed by atoms with E-state index >= 15 is 0 Å². The fourth-order valence-corrected chi connectivity index (χ4v) is 5.82. The number of benzene rings is 2. The number of rotatable bonds is 8. The van der Waals surface area contributed by atoms with E-state index in [0.717, 1.165) is 41.5 Å². The third-order valence-electron chi connectivity index (χ3n) is 6.88. The van der Waals surface area contributed by atoms with E-state index in [1.807, 2.05) is 57.2 Å². The Morgan fingerprint density at radius 1 is 1.12 bits per heavy atom. The summed E-state index contributed by atoms with van der Waals surface area (Å²) in [5.41, 5.74) is 3.12. The summed E-state index contributed by atoms with van der Waals surface area (Å²) in [5.74, 6) is 0.476. The number of nitrogens with zero attached hydrogens (tertiary/aromatic N) is 1. The average molecular weight is 473 g/mol. The van der Waals surface area contributed by atoms with Gasteiger partial charge in [-0.15, -0.1) is 0 Å². The number of hydrogen-bond acceptors (Lipinski definition) is 4. The molecule has 0 spiro atoms. The van der Waals surface area contributed by atoms with Crippen molar-refractivity contribution in [1.29, 1.82) is 0 Å². The number of para-hydroxylation sites is 1. The molecule has 2 aromatic carbocycles. The maximum absolute atomic E-state index is 13.6. The molecule has 2 atom stereocenters. The average Bonchev–Trinajstić information content (AvgIpc) is 2.78. The lowest BCUT2D eigenvalue weighted by Gasteiger charge is -2.42. The van der Waals surface area contributed by atoms with Crippen LogP contribution in [-0.4, -0.2) is 32.2 Å². The summed E-state index contributed by atoms with van der Waals surface area (Å²) in [6.45, 7) is 9.94. The number of ether oxygens (including phenoxy) is 1. The van der Waals surface area contributed by atoms with Gasteiger partial charge in [-0.25, -0.2) is 8.42 Å². The van der Waals surface area contributed by atoms with Crippen molar-refractivity contribution >= 4 is 21.6 Å².